The van der Waals surface area contributed by atoms with Gasteiger partial charge in [0, 0.05) is 26.2 Å². The van der Waals surface area contributed by atoms with Gasteiger partial charge < -0.3 is 10.4 Å². The molecule has 0 spiro atoms. The Kier molecular flexibility index (Phi) is 10.7. The lowest BCUT2D eigenvalue weighted by Crippen LogP contribution is -2.41. The number of hydrogen-bond acceptors (Lipinski definition) is 3. The Morgan fingerprint density at radius 3 is 2.50 bits per heavy atom. The number of carbonyl (C=O) groups excluding carboxylic acids is 1. The van der Waals surface area contributed by atoms with Gasteiger partial charge in [0.15, 0.2) is 0 Å². The second kappa shape index (κ2) is 13.5. The molecule has 172 valence electrons. The average molecular weight is 419 g/mol. The molecule has 0 bridgehead atoms. The number of nitrogens with zero attached hydrogens (tertiary/aromatic N) is 1. The van der Waals surface area contributed by atoms with Crippen LogP contribution in [0.25, 0.3) is 0 Å². The predicted molar refractivity (Wildman–Crippen MR) is 124 cm³/mol. The van der Waals surface area contributed by atoms with Crippen LogP contribution in [0.15, 0.2) is 12.2 Å². The van der Waals surface area contributed by atoms with Crippen molar-refractivity contribution >= 4 is 5.91 Å². The highest BCUT2D eigenvalue weighted by molar-refractivity contribution is 5.77. The summed E-state index contributed by atoms with van der Waals surface area (Å²) in [5.74, 6) is 3.49. The highest BCUT2D eigenvalue weighted by Gasteiger charge is 2.32. The predicted octanol–water partition coefficient (Wildman–Crippen LogP) is 4.92. The monoisotopic (exact) mass is 418 g/mol. The maximum absolute atomic E-state index is 12.6. The molecule has 3 aliphatic rings. The summed E-state index contributed by atoms with van der Waals surface area (Å²) in [6.45, 7) is 3.88. The maximum Gasteiger partial charge on any atom is 0.234 e. The first-order valence-electron chi connectivity index (χ1n) is 13.0. The van der Waals surface area contributed by atoms with Gasteiger partial charge >= 0.3 is 0 Å². The summed E-state index contributed by atoms with van der Waals surface area (Å²) in [5, 5.41) is 12.0. The van der Waals surface area contributed by atoms with Crippen LogP contribution in [0.3, 0.4) is 0 Å². The fourth-order valence-electron chi connectivity index (χ4n) is 6.10. The third kappa shape index (κ3) is 8.34. The van der Waals surface area contributed by atoms with E-state index in [2.05, 4.69) is 22.4 Å². The van der Waals surface area contributed by atoms with E-state index in [1.54, 1.807) is 0 Å². The van der Waals surface area contributed by atoms with E-state index < -0.39 is 0 Å². The third-order valence-corrected chi connectivity index (χ3v) is 7.76. The van der Waals surface area contributed by atoms with Gasteiger partial charge in [-0.1, -0.05) is 37.8 Å². The molecule has 3 atom stereocenters. The fourth-order valence-corrected chi connectivity index (χ4v) is 6.10. The quantitative estimate of drug-likeness (QED) is 0.330. The normalized spacial score (nSPS) is 27.2. The van der Waals surface area contributed by atoms with Crippen molar-refractivity contribution in [3.63, 3.8) is 0 Å². The summed E-state index contributed by atoms with van der Waals surface area (Å²) in [6, 6.07) is 0. The van der Waals surface area contributed by atoms with Crippen molar-refractivity contribution in [3.05, 3.63) is 12.2 Å². The highest BCUT2D eigenvalue weighted by Crippen LogP contribution is 2.40. The lowest BCUT2D eigenvalue weighted by atomic mass is 9.83. The summed E-state index contributed by atoms with van der Waals surface area (Å²) < 4.78 is 0. The number of aliphatic hydroxyl groups is 1. The molecule has 0 aliphatic heterocycles. The smallest absolute Gasteiger partial charge is 0.234 e. The summed E-state index contributed by atoms with van der Waals surface area (Å²) in [5.41, 5.74) is 0. The number of amides is 1. The number of rotatable bonds is 13. The van der Waals surface area contributed by atoms with Crippen molar-refractivity contribution in [2.24, 2.45) is 23.7 Å². The van der Waals surface area contributed by atoms with E-state index in [4.69, 9.17) is 5.11 Å². The first-order chi connectivity index (χ1) is 14.7. The first-order valence-corrected chi connectivity index (χ1v) is 13.0. The fraction of sp³-hybridized carbons (Fsp3) is 0.885. The van der Waals surface area contributed by atoms with E-state index in [0.29, 0.717) is 6.54 Å². The highest BCUT2D eigenvalue weighted by atomic mass is 16.2. The Morgan fingerprint density at radius 1 is 0.933 bits per heavy atom. The minimum absolute atomic E-state index is 0.208. The van der Waals surface area contributed by atoms with E-state index in [1.165, 1.54) is 64.2 Å². The number of nitrogens with one attached hydrogen (secondary N) is 1. The molecule has 0 unspecified atom stereocenters. The molecule has 4 heteroatoms. The molecule has 4 nitrogen and oxygen atoms in total. The van der Waals surface area contributed by atoms with Gasteiger partial charge in [-0.05, 0) is 87.9 Å². The lowest BCUT2D eigenvalue weighted by molar-refractivity contribution is -0.122. The standard InChI is InChI=1S/C26H46N2O2/c29-17-9-2-1-8-16-27-26(30)21-28(19-22-10-6-7-11-22)20-23-14-15-25(18-23)24-12-4-3-5-13-24/h4,12,22-25,29H,1-3,5-11,13-21H2,(H,27,30)/t23-,24-,25-/m1/s1. The van der Waals surface area contributed by atoms with Crippen LogP contribution in [0.5, 0.6) is 0 Å². The second-order valence-electron chi connectivity index (χ2n) is 10.3. The molecule has 0 saturated heterocycles. The van der Waals surface area contributed by atoms with Crippen LogP contribution in [0, 0.1) is 23.7 Å². The number of carbonyl (C=O) groups is 1. The Morgan fingerprint density at radius 2 is 1.73 bits per heavy atom. The summed E-state index contributed by atoms with van der Waals surface area (Å²) >= 11 is 0. The summed E-state index contributed by atoms with van der Waals surface area (Å²) in [6.07, 6.45) is 22.5. The molecule has 2 saturated carbocycles. The molecule has 0 aromatic carbocycles. The van der Waals surface area contributed by atoms with Crippen LogP contribution in [0.4, 0.5) is 0 Å². The zero-order valence-electron chi connectivity index (χ0n) is 19.2. The minimum atomic E-state index is 0.208. The number of hydrogen-bond donors (Lipinski definition) is 2. The molecule has 1 amide bonds. The van der Waals surface area contributed by atoms with E-state index in [1.807, 2.05) is 0 Å². The third-order valence-electron chi connectivity index (χ3n) is 7.76. The molecular formula is C26H46N2O2. The van der Waals surface area contributed by atoms with Crippen LogP contribution in [-0.2, 0) is 4.79 Å². The molecule has 0 heterocycles. The van der Waals surface area contributed by atoms with Gasteiger partial charge in [-0.25, -0.2) is 0 Å². The molecular weight excluding hydrogens is 372 g/mol. The van der Waals surface area contributed by atoms with Crippen LogP contribution < -0.4 is 5.32 Å². The molecule has 2 N–H and O–H groups in total. The summed E-state index contributed by atoms with van der Waals surface area (Å²) in [4.78, 5) is 15.1. The van der Waals surface area contributed by atoms with E-state index in [9.17, 15) is 4.79 Å². The van der Waals surface area contributed by atoms with E-state index in [0.717, 1.165) is 69.0 Å². The van der Waals surface area contributed by atoms with Crippen LogP contribution in [-0.4, -0.2) is 48.7 Å². The first kappa shape index (κ1) is 23.8. The van der Waals surface area contributed by atoms with Crippen molar-refractivity contribution in [1.29, 1.82) is 0 Å². The van der Waals surface area contributed by atoms with Crippen LogP contribution >= 0.6 is 0 Å². The molecule has 30 heavy (non-hydrogen) atoms. The molecule has 3 rings (SSSR count). The summed E-state index contributed by atoms with van der Waals surface area (Å²) in [7, 11) is 0. The number of allylic oxidation sites excluding steroid dienone is 2. The largest absolute Gasteiger partial charge is 0.396 e. The molecule has 0 aromatic heterocycles. The van der Waals surface area contributed by atoms with E-state index in [-0.39, 0.29) is 12.5 Å². The Bertz CT molecular complexity index is 515. The molecule has 0 radical (unpaired) electrons. The van der Waals surface area contributed by atoms with Crippen molar-refractivity contribution in [2.45, 2.75) is 89.9 Å². The van der Waals surface area contributed by atoms with Gasteiger partial charge in [0.1, 0.15) is 0 Å². The number of aliphatic hydroxyl groups excluding tert-OH is 1. The SMILES string of the molecule is O=C(CN(CC1CCCC1)C[C@@H]1CC[C@@H]([C@@H]2C=CCCC2)C1)NCCCCCCO. The zero-order valence-corrected chi connectivity index (χ0v) is 19.2. The zero-order chi connectivity index (χ0) is 21.0. The van der Waals surface area contributed by atoms with Gasteiger partial charge in [-0.3, -0.25) is 9.69 Å². The van der Waals surface area contributed by atoms with Crippen molar-refractivity contribution in [2.75, 3.05) is 32.8 Å². The van der Waals surface area contributed by atoms with Gasteiger partial charge in [0.05, 0.1) is 6.54 Å². The Balaban J connectivity index is 1.42. The van der Waals surface area contributed by atoms with Gasteiger partial charge in [0.25, 0.3) is 0 Å². The lowest BCUT2D eigenvalue weighted by Gasteiger charge is -2.28. The Labute approximate surface area is 184 Å². The Hall–Kier alpha value is -0.870. The number of unbranched alkanes of at least 4 members (excludes halogenated alkanes) is 3. The van der Waals surface area contributed by atoms with Gasteiger partial charge in [-0.2, -0.15) is 0 Å². The van der Waals surface area contributed by atoms with Crippen molar-refractivity contribution in [3.8, 4) is 0 Å². The second-order valence-corrected chi connectivity index (χ2v) is 10.3. The van der Waals surface area contributed by atoms with Gasteiger partial charge in [0.2, 0.25) is 5.91 Å². The maximum atomic E-state index is 12.6. The topological polar surface area (TPSA) is 52.6 Å². The average Bonchev–Trinajstić information content (AvgIpc) is 3.43. The minimum Gasteiger partial charge on any atom is -0.396 e. The molecule has 2 fully saturated rings. The van der Waals surface area contributed by atoms with Crippen LogP contribution in [0.2, 0.25) is 0 Å². The molecule has 3 aliphatic carbocycles. The molecule has 0 aromatic rings. The van der Waals surface area contributed by atoms with Gasteiger partial charge in [-0.15, -0.1) is 0 Å². The van der Waals surface area contributed by atoms with E-state index >= 15 is 0 Å². The van der Waals surface area contributed by atoms with Crippen LogP contribution in [0.1, 0.15) is 89.9 Å². The van der Waals surface area contributed by atoms with Crippen molar-refractivity contribution in [1.82, 2.24) is 10.2 Å². The van der Waals surface area contributed by atoms with Crippen molar-refractivity contribution < 1.29 is 9.90 Å².